The molecule has 4 aromatic rings. The number of fused-ring (bicyclic) bond motifs is 1. The van der Waals surface area contributed by atoms with Crippen molar-refractivity contribution in [1.82, 2.24) is 20.4 Å². The van der Waals surface area contributed by atoms with E-state index in [1.807, 2.05) is 30.3 Å². The van der Waals surface area contributed by atoms with Crippen LogP contribution in [0.1, 0.15) is 45.4 Å². The Hall–Kier alpha value is -4.51. The van der Waals surface area contributed by atoms with E-state index in [0.717, 1.165) is 31.5 Å². The number of nitro groups is 1. The average Bonchev–Trinajstić information content (AvgIpc) is 3.63. The maximum absolute atomic E-state index is 13.1. The van der Waals surface area contributed by atoms with Crippen molar-refractivity contribution in [1.29, 1.82) is 0 Å². The van der Waals surface area contributed by atoms with Crippen LogP contribution in [0.15, 0.2) is 65.1 Å². The summed E-state index contributed by atoms with van der Waals surface area (Å²) >= 11 is 0. The molecule has 0 unspecified atom stereocenters. The van der Waals surface area contributed by atoms with E-state index in [1.165, 1.54) is 30.3 Å². The third-order valence-electron chi connectivity index (χ3n) is 6.18. The first-order valence-electron chi connectivity index (χ1n) is 11.6. The molecule has 1 fully saturated rings. The van der Waals surface area contributed by atoms with Gasteiger partial charge in [0.25, 0.3) is 17.5 Å². The van der Waals surface area contributed by atoms with Gasteiger partial charge in [0, 0.05) is 18.7 Å². The number of para-hydroxylation sites is 1. The van der Waals surface area contributed by atoms with Crippen molar-refractivity contribution in [2.45, 2.75) is 18.9 Å². The van der Waals surface area contributed by atoms with Gasteiger partial charge >= 0.3 is 0 Å². The van der Waals surface area contributed by atoms with E-state index >= 15 is 0 Å². The molecule has 0 bridgehead atoms. The largest absolute Gasteiger partial charge is 0.445 e. The molecule has 2 amide bonds. The van der Waals surface area contributed by atoms with Gasteiger partial charge in [-0.2, -0.15) is 5.10 Å². The molecule has 11 heteroatoms. The Morgan fingerprint density at radius 2 is 1.81 bits per heavy atom. The first-order valence-corrected chi connectivity index (χ1v) is 11.6. The maximum Gasteiger partial charge on any atom is 0.287 e. The van der Waals surface area contributed by atoms with Crippen molar-refractivity contribution >= 4 is 34.4 Å². The predicted octanol–water partition coefficient (Wildman–Crippen LogP) is 3.88. The van der Waals surface area contributed by atoms with Crippen LogP contribution in [-0.4, -0.2) is 51.5 Å². The van der Waals surface area contributed by atoms with Crippen LogP contribution in [0.2, 0.25) is 0 Å². The maximum atomic E-state index is 13.1. The van der Waals surface area contributed by atoms with Gasteiger partial charge in [-0.25, -0.2) is 0 Å². The number of H-pyrrole nitrogens is 1. The van der Waals surface area contributed by atoms with Gasteiger partial charge in [0.2, 0.25) is 0 Å². The summed E-state index contributed by atoms with van der Waals surface area (Å²) in [5.74, 6) is -1.03. The number of aromatic nitrogens is 2. The van der Waals surface area contributed by atoms with Gasteiger partial charge in [-0.05, 0) is 37.6 Å². The number of furan rings is 1. The van der Waals surface area contributed by atoms with Crippen molar-refractivity contribution in [3.05, 3.63) is 87.7 Å². The lowest BCUT2D eigenvalue weighted by Gasteiger charge is -2.24. The van der Waals surface area contributed by atoms with E-state index in [1.54, 1.807) is 0 Å². The topological polar surface area (TPSA) is 146 Å². The molecule has 2 aromatic heterocycles. The lowest BCUT2D eigenvalue weighted by Crippen LogP contribution is -2.36. The summed E-state index contributed by atoms with van der Waals surface area (Å²) in [7, 11) is 0. The zero-order valence-corrected chi connectivity index (χ0v) is 19.3. The molecule has 36 heavy (non-hydrogen) atoms. The number of aromatic amines is 1. The minimum absolute atomic E-state index is 0.0314. The van der Waals surface area contributed by atoms with Gasteiger partial charge in [0.15, 0.2) is 17.2 Å². The van der Waals surface area contributed by atoms with Crippen LogP contribution in [0.5, 0.6) is 0 Å². The van der Waals surface area contributed by atoms with E-state index in [9.17, 15) is 19.7 Å². The summed E-state index contributed by atoms with van der Waals surface area (Å²) in [5, 5.41) is 23.6. The molecular formula is C25H24N6O5. The van der Waals surface area contributed by atoms with Crippen molar-refractivity contribution in [3.63, 3.8) is 0 Å². The van der Waals surface area contributed by atoms with E-state index in [4.69, 9.17) is 4.42 Å². The molecule has 5 rings (SSSR count). The molecule has 1 aliphatic heterocycles. The smallest absolute Gasteiger partial charge is 0.287 e. The SMILES string of the molecule is O=C(N[C@H](CN1CCCC1)c1ccccc1)c1cc2[nH]nc(NC(=O)c3ccccc3[N+](=O)[O-])c2o1. The molecule has 1 atom stereocenters. The molecule has 1 aliphatic rings. The zero-order valence-electron chi connectivity index (χ0n) is 19.3. The Labute approximate surface area is 205 Å². The first kappa shape index (κ1) is 23.2. The van der Waals surface area contributed by atoms with Gasteiger partial charge in [-0.15, -0.1) is 0 Å². The van der Waals surface area contributed by atoms with Crippen LogP contribution in [0.4, 0.5) is 11.5 Å². The van der Waals surface area contributed by atoms with Crippen molar-refractivity contribution in [3.8, 4) is 0 Å². The van der Waals surface area contributed by atoms with E-state index < -0.39 is 16.7 Å². The fraction of sp³-hybridized carbons (Fsp3) is 0.240. The van der Waals surface area contributed by atoms with Crippen molar-refractivity contribution in [2.24, 2.45) is 0 Å². The lowest BCUT2D eigenvalue weighted by molar-refractivity contribution is -0.385. The molecule has 3 N–H and O–H groups in total. The van der Waals surface area contributed by atoms with Crippen LogP contribution in [0.25, 0.3) is 11.1 Å². The third-order valence-corrected chi connectivity index (χ3v) is 6.18. The summed E-state index contributed by atoms with van der Waals surface area (Å²) in [6, 6.07) is 16.7. The summed E-state index contributed by atoms with van der Waals surface area (Å²) in [6.07, 6.45) is 2.29. The number of nitro benzene ring substituents is 1. The van der Waals surface area contributed by atoms with Gasteiger partial charge in [-0.1, -0.05) is 42.5 Å². The molecular weight excluding hydrogens is 464 g/mol. The minimum atomic E-state index is -0.715. The second-order valence-electron chi connectivity index (χ2n) is 8.60. The normalized spacial score (nSPS) is 14.6. The molecule has 184 valence electrons. The summed E-state index contributed by atoms with van der Waals surface area (Å²) in [4.78, 5) is 38.8. The average molecular weight is 489 g/mol. The third kappa shape index (κ3) is 4.82. The fourth-order valence-electron chi connectivity index (χ4n) is 4.39. The van der Waals surface area contributed by atoms with Gasteiger partial charge in [-0.3, -0.25) is 24.8 Å². The second kappa shape index (κ2) is 10.0. The van der Waals surface area contributed by atoms with Gasteiger partial charge in [0.1, 0.15) is 11.1 Å². The Kier molecular flexibility index (Phi) is 6.46. The van der Waals surface area contributed by atoms with Crippen LogP contribution in [0, 0.1) is 10.1 Å². The number of carbonyl (C=O) groups excluding carboxylic acids is 2. The molecule has 0 aliphatic carbocycles. The highest BCUT2D eigenvalue weighted by Crippen LogP contribution is 2.27. The number of benzene rings is 2. The second-order valence-corrected chi connectivity index (χ2v) is 8.60. The van der Waals surface area contributed by atoms with Crippen LogP contribution in [-0.2, 0) is 0 Å². The van der Waals surface area contributed by atoms with Crippen molar-refractivity contribution in [2.75, 3.05) is 25.0 Å². The van der Waals surface area contributed by atoms with Crippen LogP contribution in [0.3, 0.4) is 0 Å². The molecule has 0 spiro atoms. The summed E-state index contributed by atoms with van der Waals surface area (Å²) in [6.45, 7) is 2.68. The molecule has 11 nitrogen and oxygen atoms in total. The number of carbonyl (C=O) groups is 2. The summed E-state index contributed by atoms with van der Waals surface area (Å²) < 4.78 is 5.75. The molecule has 0 radical (unpaired) electrons. The quantitative estimate of drug-likeness (QED) is 0.252. The highest BCUT2D eigenvalue weighted by molar-refractivity contribution is 6.09. The number of rotatable bonds is 8. The number of nitrogens with one attached hydrogen (secondary N) is 3. The Bertz CT molecular complexity index is 1410. The standard InChI is InChI=1S/C25H24N6O5/c32-24(17-10-4-5-11-20(17)31(34)35)27-23-22-18(28-29-23)14-21(36-22)25(33)26-19(15-30-12-6-7-13-30)16-8-2-1-3-9-16/h1-5,8-11,14,19H,6-7,12-13,15H2,(H,26,33)(H2,27,28,29,32)/t19-/m1/s1. The van der Waals surface area contributed by atoms with Crippen LogP contribution < -0.4 is 10.6 Å². The Morgan fingerprint density at radius 3 is 2.56 bits per heavy atom. The number of anilines is 1. The van der Waals surface area contributed by atoms with E-state index in [0.29, 0.717) is 12.1 Å². The number of nitrogens with zero attached hydrogens (tertiary/aromatic N) is 3. The molecule has 1 saturated heterocycles. The molecule has 3 heterocycles. The highest BCUT2D eigenvalue weighted by atomic mass is 16.6. The lowest BCUT2D eigenvalue weighted by atomic mass is 10.1. The molecule has 0 saturated carbocycles. The number of hydrogen-bond acceptors (Lipinski definition) is 7. The number of hydrogen-bond donors (Lipinski definition) is 3. The Balaban J connectivity index is 1.35. The van der Waals surface area contributed by atoms with Gasteiger partial charge < -0.3 is 20.0 Å². The predicted molar refractivity (Wildman–Crippen MR) is 132 cm³/mol. The number of amides is 2. The zero-order chi connectivity index (χ0) is 25.1. The van der Waals surface area contributed by atoms with Crippen molar-refractivity contribution < 1.29 is 18.9 Å². The van der Waals surface area contributed by atoms with Gasteiger partial charge in [0.05, 0.1) is 11.0 Å². The van der Waals surface area contributed by atoms with Crippen LogP contribution >= 0.6 is 0 Å². The Morgan fingerprint density at radius 1 is 1.08 bits per heavy atom. The molecule has 2 aromatic carbocycles. The van der Waals surface area contributed by atoms with E-state index in [-0.39, 0.29) is 34.5 Å². The monoisotopic (exact) mass is 488 g/mol. The first-order chi connectivity index (χ1) is 17.5. The highest BCUT2D eigenvalue weighted by Gasteiger charge is 2.25. The van der Waals surface area contributed by atoms with E-state index in [2.05, 4.69) is 25.7 Å². The summed E-state index contributed by atoms with van der Waals surface area (Å²) in [5.41, 5.74) is 1.13. The minimum Gasteiger partial charge on any atom is -0.445 e. The fourth-order valence-corrected chi connectivity index (χ4v) is 4.39. The number of likely N-dealkylation sites (tertiary alicyclic amines) is 1.